The Kier molecular flexibility index (Phi) is 5.72. The summed E-state index contributed by atoms with van der Waals surface area (Å²) < 4.78 is 0. The van der Waals surface area contributed by atoms with Gasteiger partial charge < -0.3 is 10.4 Å². The van der Waals surface area contributed by atoms with E-state index in [1.165, 1.54) is 0 Å². The summed E-state index contributed by atoms with van der Waals surface area (Å²) in [5.74, 6) is -0.715. The van der Waals surface area contributed by atoms with Crippen LogP contribution < -0.4 is 5.32 Å². The molecule has 0 radical (unpaired) electrons. The quantitative estimate of drug-likeness (QED) is 0.641. The first-order chi connectivity index (χ1) is 5.56. The van der Waals surface area contributed by atoms with Gasteiger partial charge in [-0.15, -0.1) is 0 Å². The van der Waals surface area contributed by atoms with Crippen LogP contribution in [0, 0.1) is 0 Å². The van der Waals surface area contributed by atoms with Gasteiger partial charge in [-0.3, -0.25) is 4.79 Å². The lowest BCUT2D eigenvalue weighted by molar-refractivity contribution is -0.137. The van der Waals surface area contributed by atoms with Crippen LogP contribution in [0.5, 0.6) is 0 Å². The molecule has 0 aromatic rings. The molecule has 0 amide bonds. The second-order valence-corrected chi connectivity index (χ2v) is 3.31. The van der Waals surface area contributed by atoms with Gasteiger partial charge in [0.2, 0.25) is 0 Å². The summed E-state index contributed by atoms with van der Waals surface area (Å²) in [6, 6.07) is 0.782. The summed E-state index contributed by atoms with van der Waals surface area (Å²) in [4.78, 5) is 10.2. The first kappa shape index (κ1) is 11.4. The Hall–Kier alpha value is -0.570. The van der Waals surface area contributed by atoms with Gasteiger partial charge in [0, 0.05) is 18.5 Å². The van der Waals surface area contributed by atoms with Gasteiger partial charge in [-0.25, -0.2) is 0 Å². The number of rotatable bonds is 6. The third-order valence-electron chi connectivity index (χ3n) is 1.97. The van der Waals surface area contributed by atoms with Gasteiger partial charge in [0.15, 0.2) is 0 Å². The molecule has 0 aliphatic heterocycles. The first-order valence-electron chi connectivity index (χ1n) is 4.54. The standard InChI is InChI=1S/C9H19NO2/c1-4-7(2)10-8(3)5-6-9(11)12/h7-8,10H,4-6H2,1-3H3,(H,11,12). The van der Waals surface area contributed by atoms with Crippen molar-refractivity contribution in [3.8, 4) is 0 Å². The fraction of sp³-hybridized carbons (Fsp3) is 0.889. The van der Waals surface area contributed by atoms with Crippen LogP contribution in [0.4, 0.5) is 0 Å². The van der Waals surface area contributed by atoms with E-state index in [-0.39, 0.29) is 6.42 Å². The molecular weight excluding hydrogens is 154 g/mol. The average Bonchev–Trinajstić information content (AvgIpc) is 2.00. The summed E-state index contributed by atoms with van der Waals surface area (Å²) >= 11 is 0. The predicted molar refractivity (Wildman–Crippen MR) is 49.2 cm³/mol. The molecule has 72 valence electrons. The molecule has 2 atom stereocenters. The summed E-state index contributed by atoms with van der Waals surface area (Å²) in [6.45, 7) is 6.24. The van der Waals surface area contributed by atoms with E-state index in [4.69, 9.17) is 5.11 Å². The summed E-state index contributed by atoms with van der Waals surface area (Å²) in [5.41, 5.74) is 0. The predicted octanol–water partition coefficient (Wildman–Crippen LogP) is 1.63. The maximum Gasteiger partial charge on any atom is 0.303 e. The van der Waals surface area contributed by atoms with E-state index in [0.29, 0.717) is 18.5 Å². The monoisotopic (exact) mass is 173 g/mol. The molecular formula is C9H19NO2. The highest BCUT2D eigenvalue weighted by Crippen LogP contribution is 1.99. The zero-order valence-corrected chi connectivity index (χ0v) is 8.13. The van der Waals surface area contributed by atoms with Crippen LogP contribution >= 0.6 is 0 Å². The van der Waals surface area contributed by atoms with Crippen molar-refractivity contribution in [2.75, 3.05) is 0 Å². The molecule has 2 unspecified atom stereocenters. The lowest BCUT2D eigenvalue weighted by atomic mass is 10.1. The molecule has 3 heteroatoms. The topological polar surface area (TPSA) is 49.3 Å². The number of hydrogen-bond acceptors (Lipinski definition) is 2. The van der Waals surface area contributed by atoms with Crippen LogP contribution in [0.2, 0.25) is 0 Å². The SMILES string of the molecule is CCC(C)NC(C)CCC(=O)O. The molecule has 0 aliphatic carbocycles. The molecule has 0 aromatic heterocycles. The van der Waals surface area contributed by atoms with Gasteiger partial charge >= 0.3 is 5.97 Å². The molecule has 0 aromatic carbocycles. The maximum atomic E-state index is 10.2. The molecule has 0 spiro atoms. The van der Waals surface area contributed by atoms with Crippen LogP contribution in [0.25, 0.3) is 0 Å². The van der Waals surface area contributed by atoms with Crippen molar-refractivity contribution < 1.29 is 9.90 Å². The minimum Gasteiger partial charge on any atom is -0.481 e. The summed E-state index contributed by atoms with van der Waals surface area (Å²) in [6.07, 6.45) is 2.04. The smallest absolute Gasteiger partial charge is 0.303 e. The van der Waals surface area contributed by atoms with Crippen LogP contribution in [-0.2, 0) is 4.79 Å². The van der Waals surface area contributed by atoms with Crippen LogP contribution in [0.3, 0.4) is 0 Å². The van der Waals surface area contributed by atoms with Crippen molar-refractivity contribution in [1.29, 1.82) is 0 Å². The van der Waals surface area contributed by atoms with Crippen LogP contribution in [0.1, 0.15) is 40.0 Å². The molecule has 12 heavy (non-hydrogen) atoms. The fourth-order valence-corrected chi connectivity index (χ4v) is 1.03. The molecule has 0 rings (SSSR count). The molecule has 0 bridgehead atoms. The molecule has 0 saturated heterocycles. The van der Waals surface area contributed by atoms with Gasteiger partial charge in [0.1, 0.15) is 0 Å². The molecule has 0 saturated carbocycles. The minimum absolute atomic E-state index is 0.255. The fourth-order valence-electron chi connectivity index (χ4n) is 1.03. The van der Waals surface area contributed by atoms with E-state index in [1.54, 1.807) is 0 Å². The Morgan fingerprint density at radius 1 is 1.42 bits per heavy atom. The van der Waals surface area contributed by atoms with Gasteiger partial charge in [-0.2, -0.15) is 0 Å². The second kappa shape index (κ2) is 6.00. The Bertz CT molecular complexity index is 136. The summed E-state index contributed by atoms with van der Waals surface area (Å²) in [7, 11) is 0. The first-order valence-corrected chi connectivity index (χ1v) is 4.54. The summed E-state index contributed by atoms with van der Waals surface area (Å²) in [5, 5.41) is 11.7. The lowest BCUT2D eigenvalue weighted by Gasteiger charge is -2.17. The van der Waals surface area contributed by atoms with Crippen molar-refractivity contribution in [2.45, 2.75) is 52.1 Å². The number of hydrogen-bond donors (Lipinski definition) is 2. The van der Waals surface area contributed by atoms with Gasteiger partial charge in [0.25, 0.3) is 0 Å². The van der Waals surface area contributed by atoms with E-state index < -0.39 is 5.97 Å². The number of carbonyl (C=O) groups is 1. The Morgan fingerprint density at radius 3 is 2.42 bits per heavy atom. The van der Waals surface area contributed by atoms with Crippen LogP contribution in [-0.4, -0.2) is 23.2 Å². The van der Waals surface area contributed by atoms with Crippen molar-refractivity contribution in [1.82, 2.24) is 5.32 Å². The molecule has 2 N–H and O–H groups in total. The highest BCUT2D eigenvalue weighted by molar-refractivity contribution is 5.66. The Morgan fingerprint density at radius 2 is 2.00 bits per heavy atom. The van der Waals surface area contributed by atoms with E-state index in [0.717, 1.165) is 6.42 Å². The number of carboxylic acids is 1. The Balaban J connectivity index is 3.45. The van der Waals surface area contributed by atoms with Crippen molar-refractivity contribution >= 4 is 5.97 Å². The van der Waals surface area contributed by atoms with Gasteiger partial charge in [-0.05, 0) is 26.7 Å². The van der Waals surface area contributed by atoms with E-state index >= 15 is 0 Å². The largest absolute Gasteiger partial charge is 0.481 e. The third kappa shape index (κ3) is 6.16. The normalized spacial score (nSPS) is 15.6. The molecule has 0 heterocycles. The van der Waals surface area contributed by atoms with Gasteiger partial charge in [-0.1, -0.05) is 6.92 Å². The number of aliphatic carboxylic acids is 1. The van der Waals surface area contributed by atoms with Crippen molar-refractivity contribution in [3.63, 3.8) is 0 Å². The van der Waals surface area contributed by atoms with E-state index in [2.05, 4.69) is 19.2 Å². The Labute approximate surface area is 74.2 Å². The van der Waals surface area contributed by atoms with E-state index in [1.807, 2.05) is 6.92 Å². The minimum atomic E-state index is -0.715. The zero-order valence-electron chi connectivity index (χ0n) is 8.13. The number of nitrogens with one attached hydrogen (secondary N) is 1. The van der Waals surface area contributed by atoms with Crippen LogP contribution in [0.15, 0.2) is 0 Å². The zero-order chi connectivity index (χ0) is 9.56. The van der Waals surface area contributed by atoms with Crippen molar-refractivity contribution in [3.05, 3.63) is 0 Å². The maximum absolute atomic E-state index is 10.2. The second-order valence-electron chi connectivity index (χ2n) is 3.31. The highest BCUT2D eigenvalue weighted by Gasteiger charge is 2.06. The van der Waals surface area contributed by atoms with Crippen molar-refractivity contribution in [2.24, 2.45) is 0 Å². The van der Waals surface area contributed by atoms with Gasteiger partial charge in [0.05, 0.1) is 0 Å². The average molecular weight is 173 g/mol. The molecule has 0 aliphatic rings. The molecule has 0 fully saturated rings. The lowest BCUT2D eigenvalue weighted by Crippen LogP contribution is -2.34. The van der Waals surface area contributed by atoms with E-state index in [9.17, 15) is 4.79 Å². The highest BCUT2D eigenvalue weighted by atomic mass is 16.4. The number of carboxylic acid groups (broad SMARTS) is 1. The molecule has 3 nitrogen and oxygen atoms in total. The third-order valence-corrected chi connectivity index (χ3v) is 1.97.